The molecular weight excluding hydrogens is 188 g/mol. The molecule has 0 aliphatic heterocycles. The minimum absolute atomic E-state index is 0.392. The van der Waals surface area contributed by atoms with Gasteiger partial charge in [-0.25, -0.2) is 9.59 Å². The molecule has 0 aromatic rings. The number of allylic oxidation sites excluding steroid dienone is 1. The van der Waals surface area contributed by atoms with E-state index in [-0.39, 0.29) is 0 Å². The Morgan fingerprint density at radius 3 is 2.43 bits per heavy atom. The van der Waals surface area contributed by atoms with E-state index in [4.69, 9.17) is 14.6 Å². The molecule has 0 heterocycles. The molecule has 0 saturated carbocycles. The quantitative estimate of drug-likeness (QED) is 0.236. The van der Waals surface area contributed by atoms with Crippen molar-refractivity contribution in [3.05, 3.63) is 11.6 Å². The number of esters is 1. The van der Waals surface area contributed by atoms with E-state index in [2.05, 4.69) is 0 Å². The van der Waals surface area contributed by atoms with E-state index in [0.717, 1.165) is 0 Å². The molecule has 80 valence electrons. The van der Waals surface area contributed by atoms with E-state index in [9.17, 15) is 9.59 Å². The van der Waals surface area contributed by atoms with Crippen molar-refractivity contribution >= 4 is 11.9 Å². The van der Waals surface area contributed by atoms with Crippen LogP contribution in [0.2, 0.25) is 0 Å². The molecule has 0 bridgehead atoms. The Morgan fingerprint density at radius 1 is 1.50 bits per heavy atom. The van der Waals surface area contributed by atoms with Gasteiger partial charge in [0.15, 0.2) is 6.29 Å². The van der Waals surface area contributed by atoms with Gasteiger partial charge in [0.05, 0.1) is 0 Å². The first-order chi connectivity index (χ1) is 6.52. The van der Waals surface area contributed by atoms with Crippen LogP contribution in [0.3, 0.4) is 0 Å². The number of rotatable bonds is 5. The van der Waals surface area contributed by atoms with E-state index in [1.54, 1.807) is 6.92 Å². The van der Waals surface area contributed by atoms with Crippen LogP contribution in [0.4, 0.5) is 0 Å². The van der Waals surface area contributed by atoms with Crippen LogP contribution in [0.1, 0.15) is 20.8 Å². The number of hydrogen-bond donors (Lipinski definition) is 1. The van der Waals surface area contributed by atoms with Crippen molar-refractivity contribution in [2.45, 2.75) is 27.1 Å². The molecule has 0 saturated heterocycles. The van der Waals surface area contributed by atoms with Gasteiger partial charge in [-0.05, 0) is 20.8 Å². The molecule has 1 atom stereocenters. The first-order valence-corrected chi connectivity index (χ1v) is 4.25. The fraction of sp³-hybridized carbons (Fsp3) is 0.556. The van der Waals surface area contributed by atoms with Crippen LogP contribution in [0.5, 0.6) is 0 Å². The summed E-state index contributed by atoms with van der Waals surface area (Å²) in [4.78, 5) is 21.7. The van der Waals surface area contributed by atoms with Crippen molar-refractivity contribution in [2.75, 3.05) is 6.61 Å². The Labute approximate surface area is 82.3 Å². The summed E-state index contributed by atoms with van der Waals surface area (Å²) in [5.74, 6) is -2.19. The van der Waals surface area contributed by atoms with Crippen molar-refractivity contribution in [2.24, 2.45) is 0 Å². The van der Waals surface area contributed by atoms with Crippen LogP contribution >= 0.6 is 0 Å². The topological polar surface area (TPSA) is 72.8 Å². The minimum Gasteiger partial charge on any atom is -0.477 e. The highest BCUT2D eigenvalue weighted by molar-refractivity contribution is 6.13. The summed E-state index contributed by atoms with van der Waals surface area (Å²) in [7, 11) is 0. The van der Waals surface area contributed by atoms with Crippen molar-refractivity contribution in [1.82, 2.24) is 0 Å². The molecule has 5 nitrogen and oxygen atoms in total. The summed E-state index contributed by atoms with van der Waals surface area (Å²) in [6.45, 7) is 5.12. The lowest BCUT2D eigenvalue weighted by atomic mass is 10.2. The predicted molar refractivity (Wildman–Crippen MR) is 48.6 cm³/mol. The van der Waals surface area contributed by atoms with Gasteiger partial charge in [0, 0.05) is 6.61 Å². The van der Waals surface area contributed by atoms with Crippen molar-refractivity contribution in [3.8, 4) is 0 Å². The molecule has 0 aliphatic carbocycles. The third-order valence-corrected chi connectivity index (χ3v) is 1.41. The van der Waals surface area contributed by atoms with Gasteiger partial charge in [-0.1, -0.05) is 6.08 Å². The fourth-order valence-corrected chi connectivity index (χ4v) is 0.812. The maximum atomic E-state index is 11.1. The van der Waals surface area contributed by atoms with E-state index < -0.39 is 23.8 Å². The van der Waals surface area contributed by atoms with Gasteiger partial charge in [-0.2, -0.15) is 0 Å². The molecule has 0 spiro atoms. The average Bonchev–Trinajstić information content (AvgIpc) is 2.04. The van der Waals surface area contributed by atoms with Gasteiger partial charge in [0.2, 0.25) is 0 Å². The van der Waals surface area contributed by atoms with Crippen LogP contribution in [-0.2, 0) is 19.1 Å². The number of carboxylic acids is 1. The number of carbonyl (C=O) groups excluding carboxylic acids is 1. The van der Waals surface area contributed by atoms with Gasteiger partial charge in [0.1, 0.15) is 5.57 Å². The van der Waals surface area contributed by atoms with Gasteiger partial charge >= 0.3 is 11.9 Å². The molecule has 14 heavy (non-hydrogen) atoms. The monoisotopic (exact) mass is 202 g/mol. The molecule has 0 rings (SSSR count). The Kier molecular flexibility index (Phi) is 5.55. The molecule has 0 fully saturated rings. The first-order valence-electron chi connectivity index (χ1n) is 4.25. The van der Waals surface area contributed by atoms with Gasteiger partial charge in [0.25, 0.3) is 0 Å². The fourth-order valence-electron chi connectivity index (χ4n) is 0.812. The summed E-state index contributed by atoms with van der Waals surface area (Å²) in [6, 6.07) is 0. The lowest BCUT2D eigenvalue weighted by Crippen LogP contribution is -2.22. The zero-order chi connectivity index (χ0) is 11.1. The Bertz CT molecular complexity index is 244. The molecule has 0 aromatic heterocycles. The van der Waals surface area contributed by atoms with E-state index in [1.165, 1.54) is 19.9 Å². The Hall–Kier alpha value is -1.36. The zero-order valence-corrected chi connectivity index (χ0v) is 8.44. The third-order valence-electron chi connectivity index (χ3n) is 1.41. The highest BCUT2D eigenvalue weighted by atomic mass is 16.7. The molecule has 0 radical (unpaired) electrons. The normalized spacial score (nSPS) is 13.5. The smallest absolute Gasteiger partial charge is 0.347 e. The second-order valence-corrected chi connectivity index (χ2v) is 2.44. The van der Waals surface area contributed by atoms with Gasteiger partial charge in [-0.3, -0.25) is 0 Å². The van der Waals surface area contributed by atoms with Crippen molar-refractivity contribution in [3.63, 3.8) is 0 Å². The molecule has 5 heteroatoms. The summed E-state index contributed by atoms with van der Waals surface area (Å²) in [6.07, 6.45) is 0.449. The number of hydrogen-bond acceptors (Lipinski definition) is 4. The summed E-state index contributed by atoms with van der Waals surface area (Å²) < 4.78 is 9.62. The van der Waals surface area contributed by atoms with E-state index in [1.807, 2.05) is 0 Å². The van der Waals surface area contributed by atoms with Crippen LogP contribution in [-0.4, -0.2) is 29.9 Å². The van der Waals surface area contributed by atoms with Crippen molar-refractivity contribution < 1.29 is 24.2 Å². The van der Waals surface area contributed by atoms with Crippen molar-refractivity contribution in [1.29, 1.82) is 0 Å². The van der Waals surface area contributed by atoms with Crippen LogP contribution in [0.15, 0.2) is 11.6 Å². The molecule has 0 amide bonds. The summed E-state index contributed by atoms with van der Waals surface area (Å²) in [5.41, 5.74) is -0.392. The Morgan fingerprint density at radius 2 is 2.07 bits per heavy atom. The number of ether oxygens (including phenoxy) is 2. The minimum atomic E-state index is -1.30. The lowest BCUT2D eigenvalue weighted by Gasteiger charge is -2.12. The largest absolute Gasteiger partial charge is 0.477 e. The van der Waals surface area contributed by atoms with E-state index >= 15 is 0 Å². The van der Waals surface area contributed by atoms with Crippen LogP contribution < -0.4 is 0 Å². The molecule has 1 unspecified atom stereocenters. The molecule has 1 N–H and O–H groups in total. The average molecular weight is 202 g/mol. The van der Waals surface area contributed by atoms with Crippen LogP contribution in [0.25, 0.3) is 0 Å². The maximum absolute atomic E-state index is 11.1. The second-order valence-electron chi connectivity index (χ2n) is 2.44. The second kappa shape index (κ2) is 6.15. The standard InChI is InChI=1S/C9H14O5/c1-4-7(8(10)11)9(12)14-6(3)13-5-2/h4,6H,5H2,1-3H3,(H,10,11). The lowest BCUT2D eigenvalue weighted by molar-refractivity contribution is -0.170. The third kappa shape index (κ3) is 4.04. The predicted octanol–water partition coefficient (Wildman–Crippen LogP) is 0.943. The SMILES string of the molecule is CC=C(C(=O)O)C(=O)OC(C)OCC. The molecular formula is C9H14O5. The maximum Gasteiger partial charge on any atom is 0.347 e. The van der Waals surface area contributed by atoms with Gasteiger partial charge < -0.3 is 14.6 Å². The van der Waals surface area contributed by atoms with Crippen LogP contribution in [0, 0.1) is 0 Å². The highest BCUT2D eigenvalue weighted by Gasteiger charge is 2.19. The zero-order valence-electron chi connectivity index (χ0n) is 8.44. The number of carboxylic acid groups (broad SMARTS) is 1. The highest BCUT2D eigenvalue weighted by Crippen LogP contribution is 2.02. The first kappa shape index (κ1) is 12.6. The number of aliphatic carboxylic acids is 1. The van der Waals surface area contributed by atoms with E-state index in [0.29, 0.717) is 6.61 Å². The Balaban J connectivity index is 4.26. The summed E-state index contributed by atoms with van der Waals surface area (Å²) >= 11 is 0. The van der Waals surface area contributed by atoms with Gasteiger partial charge in [-0.15, -0.1) is 0 Å². The molecule has 0 aromatic carbocycles. The number of carbonyl (C=O) groups is 2. The molecule has 0 aliphatic rings. The summed E-state index contributed by atoms with van der Waals surface area (Å²) in [5, 5.41) is 8.58.